The van der Waals surface area contributed by atoms with E-state index >= 15 is 0 Å². The number of hydrogen-bond donors (Lipinski definition) is 3. The number of carbonyl (C=O) groups is 1. The molecule has 0 atom stereocenters. The first-order valence-corrected chi connectivity index (χ1v) is 5.32. The van der Waals surface area contributed by atoms with Crippen LogP contribution in [0.5, 0.6) is 0 Å². The van der Waals surface area contributed by atoms with E-state index in [0.29, 0.717) is 34.5 Å². The summed E-state index contributed by atoms with van der Waals surface area (Å²) in [5.41, 5.74) is 8.83. The second kappa shape index (κ2) is 5.34. The van der Waals surface area contributed by atoms with Gasteiger partial charge in [-0.15, -0.1) is 0 Å². The molecule has 0 aromatic heterocycles. The van der Waals surface area contributed by atoms with E-state index in [2.05, 4.69) is 5.32 Å². The second-order valence-electron chi connectivity index (χ2n) is 3.52. The largest absolute Gasteiger partial charge is 0.465 e. The molecule has 0 heterocycles. The molecule has 0 amide bonds. The summed E-state index contributed by atoms with van der Waals surface area (Å²) in [4.78, 5) is 11.7. The zero-order valence-electron chi connectivity index (χ0n) is 10.3. The summed E-state index contributed by atoms with van der Waals surface area (Å²) < 4.78 is 4.73. The van der Waals surface area contributed by atoms with Crippen molar-refractivity contribution in [2.45, 2.75) is 13.3 Å². The van der Waals surface area contributed by atoms with Gasteiger partial charge in [-0.05, 0) is 18.1 Å². The predicted octanol–water partition coefficient (Wildman–Crippen LogP) is 1.66. The van der Waals surface area contributed by atoms with E-state index < -0.39 is 5.97 Å². The number of methoxy groups -OCH3 is 1. The fourth-order valence-corrected chi connectivity index (χ4v) is 1.80. The number of carbonyl (C=O) groups excluding carboxylic acids is 1. The van der Waals surface area contributed by atoms with Crippen LogP contribution in [0, 0.1) is 5.41 Å². The zero-order valence-corrected chi connectivity index (χ0v) is 10.3. The van der Waals surface area contributed by atoms with Crippen LogP contribution in [0.15, 0.2) is 6.07 Å². The number of nitrogens with two attached hydrogens (primary N) is 1. The number of anilines is 2. The van der Waals surface area contributed by atoms with Gasteiger partial charge in [0.05, 0.1) is 12.7 Å². The van der Waals surface area contributed by atoms with Crippen LogP contribution >= 0.6 is 0 Å². The molecule has 0 aliphatic rings. The van der Waals surface area contributed by atoms with Gasteiger partial charge in [0.2, 0.25) is 0 Å². The molecule has 1 aromatic rings. The highest BCUT2D eigenvalue weighted by atomic mass is 16.5. The summed E-state index contributed by atoms with van der Waals surface area (Å²) >= 11 is 0. The van der Waals surface area contributed by atoms with E-state index in [1.54, 1.807) is 13.1 Å². The molecule has 5 nitrogen and oxygen atoms in total. The van der Waals surface area contributed by atoms with Gasteiger partial charge in [0, 0.05) is 30.2 Å². The Balaban J connectivity index is 3.56. The lowest BCUT2D eigenvalue weighted by Gasteiger charge is -2.15. The average Bonchev–Trinajstić information content (AvgIpc) is 2.36. The first kappa shape index (κ1) is 13.0. The number of ether oxygens (including phenoxy) is 1. The van der Waals surface area contributed by atoms with Crippen molar-refractivity contribution in [1.29, 1.82) is 5.41 Å². The Morgan fingerprint density at radius 2 is 2.29 bits per heavy atom. The monoisotopic (exact) mass is 235 g/mol. The highest BCUT2D eigenvalue weighted by Crippen LogP contribution is 2.29. The Bertz CT molecular complexity index is 456. The molecule has 1 rings (SSSR count). The lowest BCUT2D eigenvalue weighted by Crippen LogP contribution is -2.12. The Kier molecular flexibility index (Phi) is 4.09. The molecule has 92 valence electrons. The minimum Gasteiger partial charge on any atom is -0.465 e. The van der Waals surface area contributed by atoms with Gasteiger partial charge in [0.1, 0.15) is 0 Å². The summed E-state index contributed by atoms with van der Waals surface area (Å²) in [6, 6.07) is 1.67. The average molecular weight is 235 g/mol. The molecule has 0 radical (unpaired) electrons. The first-order valence-electron chi connectivity index (χ1n) is 5.32. The highest BCUT2D eigenvalue weighted by Gasteiger charge is 2.18. The van der Waals surface area contributed by atoms with Gasteiger partial charge in [-0.2, -0.15) is 0 Å². The van der Waals surface area contributed by atoms with Crippen LogP contribution in [-0.4, -0.2) is 26.3 Å². The molecule has 1 aromatic carbocycles. The number of nitrogens with one attached hydrogen (secondary N) is 2. The van der Waals surface area contributed by atoms with Crippen molar-refractivity contribution in [3.63, 3.8) is 0 Å². The smallest absolute Gasteiger partial charge is 0.338 e. The van der Waals surface area contributed by atoms with Crippen molar-refractivity contribution in [2.75, 3.05) is 25.2 Å². The molecule has 0 spiro atoms. The molecule has 0 aliphatic carbocycles. The second-order valence-corrected chi connectivity index (χ2v) is 3.52. The van der Waals surface area contributed by atoms with Crippen molar-refractivity contribution in [2.24, 2.45) is 0 Å². The molecular weight excluding hydrogens is 218 g/mol. The lowest BCUT2D eigenvalue weighted by atomic mass is 9.97. The minimum atomic E-state index is -0.415. The van der Waals surface area contributed by atoms with Gasteiger partial charge < -0.3 is 21.2 Å². The zero-order chi connectivity index (χ0) is 13.0. The van der Waals surface area contributed by atoms with Crippen molar-refractivity contribution < 1.29 is 9.53 Å². The molecule has 0 saturated carbocycles. The van der Waals surface area contributed by atoms with Gasteiger partial charge >= 0.3 is 5.97 Å². The van der Waals surface area contributed by atoms with Crippen LogP contribution in [0.2, 0.25) is 0 Å². The summed E-state index contributed by atoms with van der Waals surface area (Å²) in [6.45, 7) is 1.91. The molecule has 0 saturated heterocycles. The van der Waals surface area contributed by atoms with E-state index in [9.17, 15) is 4.79 Å². The van der Waals surface area contributed by atoms with E-state index in [1.807, 2.05) is 6.92 Å². The van der Waals surface area contributed by atoms with Crippen LogP contribution in [0.25, 0.3) is 0 Å². The lowest BCUT2D eigenvalue weighted by molar-refractivity contribution is 0.0599. The summed E-state index contributed by atoms with van der Waals surface area (Å²) in [5.74, 6) is -0.415. The topological polar surface area (TPSA) is 88.2 Å². The fraction of sp³-hybridized carbons (Fsp3) is 0.333. The summed E-state index contributed by atoms with van der Waals surface area (Å²) in [7, 11) is 3.05. The molecule has 4 N–H and O–H groups in total. The van der Waals surface area contributed by atoms with Crippen LogP contribution in [0.4, 0.5) is 11.4 Å². The first-order chi connectivity index (χ1) is 8.10. The maximum absolute atomic E-state index is 11.7. The Hall–Kier alpha value is -2.04. The van der Waals surface area contributed by atoms with Gasteiger partial charge in [-0.1, -0.05) is 6.92 Å². The predicted molar refractivity (Wildman–Crippen MR) is 69.0 cm³/mol. The van der Waals surface area contributed by atoms with Crippen LogP contribution in [-0.2, 0) is 11.2 Å². The minimum absolute atomic E-state index is 0.415. The maximum Gasteiger partial charge on any atom is 0.338 e. The molecule has 5 heteroatoms. The third-order valence-corrected chi connectivity index (χ3v) is 2.69. The third kappa shape index (κ3) is 2.22. The molecular formula is C12H17N3O2. The van der Waals surface area contributed by atoms with Gasteiger partial charge in [0.25, 0.3) is 0 Å². The van der Waals surface area contributed by atoms with Crippen LogP contribution in [0.3, 0.4) is 0 Å². The molecule has 0 fully saturated rings. The Morgan fingerprint density at radius 1 is 1.65 bits per heavy atom. The van der Waals surface area contributed by atoms with E-state index in [-0.39, 0.29) is 0 Å². The van der Waals surface area contributed by atoms with E-state index in [4.69, 9.17) is 15.9 Å². The molecule has 0 bridgehead atoms. The maximum atomic E-state index is 11.7. The standard InChI is InChI=1S/C12H17N3O2/c1-4-7-8(12(16)17-3)5-10(15-2)9(6-13)11(7)14/h5-6,13,15H,4,14H2,1-3H3. The Labute approximate surface area is 100 Å². The van der Waals surface area contributed by atoms with Gasteiger partial charge in [-0.3, -0.25) is 0 Å². The number of nitrogen functional groups attached to an aromatic ring is 1. The van der Waals surface area contributed by atoms with Crippen LogP contribution < -0.4 is 11.1 Å². The van der Waals surface area contributed by atoms with Crippen molar-refractivity contribution in [1.82, 2.24) is 0 Å². The van der Waals surface area contributed by atoms with Crippen molar-refractivity contribution in [3.8, 4) is 0 Å². The molecule has 0 unspecified atom stereocenters. The number of rotatable bonds is 4. The normalized spacial score (nSPS) is 9.82. The number of hydrogen-bond acceptors (Lipinski definition) is 5. The van der Waals surface area contributed by atoms with Gasteiger partial charge in [-0.25, -0.2) is 4.79 Å². The van der Waals surface area contributed by atoms with Crippen molar-refractivity contribution in [3.05, 3.63) is 22.8 Å². The van der Waals surface area contributed by atoms with Gasteiger partial charge in [0.15, 0.2) is 0 Å². The Morgan fingerprint density at radius 3 is 2.71 bits per heavy atom. The van der Waals surface area contributed by atoms with Crippen LogP contribution in [0.1, 0.15) is 28.4 Å². The SMILES string of the molecule is CCc1c(C(=O)OC)cc(NC)c(C=N)c1N. The molecule has 17 heavy (non-hydrogen) atoms. The van der Waals surface area contributed by atoms with E-state index in [1.165, 1.54) is 13.3 Å². The molecule has 0 aliphatic heterocycles. The summed E-state index contributed by atoms with van der Waals surface area (Å²) in [5, 5.41) is 10.3. The van der Waals surface area contributed by atoms with Crippen molar-refractivity contribution >= 4 is 23.6 Å². The number of benzene rings is 1. The number of esters is 1. The quantitative estimate of drug-likeness (QED) is 0.420. The fourth-order valence-electron chi connectivity index (χ4n) is 1.80. The highest BCUT2D eigenvalue weighted by molar-refractivity contribution is 6.01. The van der Waals surface area contributed by atoms with E-state index in [0.717, 1.165) is 0 Å². The third-order valence-electron chi connectivity index (χ3n) is 2.69. The summed E-state index contributed by atoms with van der Waals surface area (Å²) in [6.07, 6.45) is 1.79.